The maximum Gasteiger partial charge on any atom is 0.325 e. The highest BCUT2D eigenvalue weighted by Crippen LogP contribution is 2.15. The van der Waals surface area contributed by atoms with E-state index in [9.17, 15) is 14.4 Å². The lowest BCUT2D eigenvalue weighted by Gasteiger charge is -2.17. The van der Waals surface area contributed by atoms with Crippen LogP contribution in [0.15, 0.2) is 42.5 Å². The number of benzene rings is 2. The van der Waals surface area contributed by atoms with Crippen LogP contribution in [0.2, 0.25) is 0 Å². The van der Waals surface area contributed by atoms with Crippen molar-refractivity contribution in [2.75, 3.05) is 13.2 Å². The van der Waals surface area contributed by atoms with Crippen LogP contribution in [-0.2, 0) is 14.3 Å². The highest BCUT2D eigenvalue weighted by Gasteiger charge is 2.14. The van der Waals surface area contributed by atoms with Crippen molar-refractivity contribution in [1.29, 1.82) is 0 Å². The number of esters is 1. The number of ether oxygens (including phenoxy) is 1. The summed E-state index contributed by atoms with van der Waals surface area (Å²) in [6, 6.07) is 13.0. The summed E-state index contributed by atoms with van der Waals surface area (Å²) in [5.74, 6) is -1.10. The predicted molar refractivity (Wildman–Crippen MR) is 99.7 cm³/mol. The van der Waals surface area contributed by atoms with Gasteiger partial charge in [-0.25, -0.2) is 0 Å². The topological polar surface area (TPSA) is 84.5 Å². The minimum absolute atomic E-state index is 0.00573. The van der Waals surface area contributed by atoms with Crippen molar-refractivity contribution >= 4 is 28.6 Å². The molecular formula is C20H24N2O4. The van der Waals surface area contributed by atoms with E-state index in [-0.39, 0.29) is 36.9 Å². The molecular weight excluding hydrogens is 332 g/mol. The largest absolute Gasteiger partial charge is 0.454 e. The number of rotatable bonds is 7. The fraction of sp³-hybridized carbons (Fsp3) is 0.350. The van der Waals surface area contributed by atoms with Gasteiger partial charge in [0, 0.05) is 11.6 Å². The fourth-order valence-electron chi connectivity index (χ4n) is 2.24. The third kappa shape index (κ3) is 5.58. The number of carbonyl (C=O) groups excluding carboxylic acids is 3. The lowest BCUT2D eigenvalue weighted by Crippen LogP contribution is -2.39. The van der Waals surface area contributed by atoms with E-state index >= 15 is 0 Å². The molecule has 26 heavy (non-hydrogen) atoms. The molecule has 138 valence electrons. The molecule has 1 atom stereocenters. The summed E-state index contributed by atoms with van der Waals surface area (Å²) < 4.78 is 4.88. The van der Waals surface area contributed by atoms with E-state index in [1.54, 1.807) is 12.1 Å². The van der Waals surface area contributed by atoms with Gasteiger partial charge < -0.3 is 15.4 Å². The maximum absolute atomic E-state index is 12.2. The molecule has 2 N–H and O–H groups in total. The minimum atomic E-state index is -0.661. The highest BCUT2D eigenvalue weighted by atomic mass is 16.5. The molecule has 0 saturated heterocycles. The molecule has 2 rings (SSSR count). The Morgan fingerprint density at radius 1 is 1.00 bits per heavy atom. The lowest BCUT2D eigenvalue weighted by molar-refractivity contribution is -0.147. The second kappa shape index (κ2) is 8.99. The van der Waals surface area contributed by atoms with Crippen LogP contribution < -0.4 is 10.6 Å². The first-order valence-corrected chi connectivity index (χ1v) is 8.59. The van der Waals surface area contributed by atoms with Gasteiger partial charge in [0.2, 0.25) is 0 Å². The second-order valence-corrected chi connectivity index (χ2v) is 6.51. The zero-order valence-electron chi connectivity index (χ0n) is 15.2. The Kier molecular flexibility index (Phi) is 6.72. The molecule has 6 heteroatoms. The molecule has 0 aliphatic heterocycles. The smallest absolute Gasteiger partial charge is 0.325 e. The molecule has 0 aliphatic carbocycles. The molecule has 6 nitrogen and oxygen atoms in total. The summed E-state index contributed by atoms with van der Waals surface area (Å²) >= 11 is 0. The zero-order chi connectivity index (χ0) is 19.1. The van der Waals surface area contributed by atoms with E-state index < -0.39 is 5.97 Å². The number of hydrogen-bond donors (Lipinski definition) is 2. The normalized spacial score (nSPS) is 11.8. The molecule has 0 unspecified atom stereocenters. The molecule has 2 aromatic rings. The molecule has 0 fully saturated rings. The summed E-state index contributed by atoms with van der Waals surface area (Å²) in [6.45, 7) is 5.20. The average Bonchev–Trinajstić information content (AvgIpc) is 2.63. The zero-order valence-corrected chi connectivity index (χ0v) is 15.2. The van der Waals surface area contributed by atoms with E-state index in [0.29, 0.717) is 5.56 Å². The van der Waals surface area contributed by atoms with Gasteiger partial charge in [-0.05, 0) is 35.7 Å². The Labute approximate surface area is 152 Å². The fourth-order valence-corrected chi connectivity index (χ4v) is 2.24. The van der Waals surface area contributed by atoms with Gasteiger partial charge in [-0.2, -0.15) is 0 Å². The lowest BCUT2D eigenvalue weighted by atomic mass is 10.1. The molecule has 0 radical (unpaired) electrons. The Morgan fingerprint density at radius 3 is 2.38 bits per heavy atom. The van der Waals surface area contributed by atoms with Crippen molar-refractivity contribution in [3.63, 3.8) is 0 Å². The molecule has 0 heterocycles. The van der Waals surface area contributed by atoms with Crippen LogP contribution in [0.3, 0.4) is 0 Å². The monoisotopic (exact) mass is 356 g/mol. The van der Waals surface area contributed by atoms with Gasteiger partial charge in [0.05, 0.1) is 0 Å². The predicted octanol–water partition coefficient (Wildman–Crippen LogP) is 2.27. The number of hydrogen-bond acceptors (Lipinski definition) is 4. The molecule has 0 bridgehead atoms. The van der Waals surface area contributed by atoms with Crippen LogP contribution in [-0.4, -0.2) is 37.0 Å². The van der Waals surface area contributed by atoms with E-state index in [4.69, 9.17) is 4.74 Å². The van der Waals surface area contributed by atoms with Crippen LogP contribution in [0.4, 0.5) is 0 Å². The van der Waals surface area contributed by atoms with Gasteiger partial charge in [0.15, 0.2) is 6.61 Å². The molecule has 0 spiro atoms. The standard InChI is InChI=1S/C20H24N2O4/c1-13(2)14(3)22-18(23)12-26-19(24)11-21-20(25)17-9-8-15-6-4-5-7-16(15)10-17/h4-10,13-14H,11-12H2,1-3H3,(H,21,25)(H,22,23)/t14-/m0/s1. The Balaban J connectivity index is 1.79. The van der Waals surface area contributed by atoms with Crippen molar-refractivity contribution < 1.29 is 19.1 Å². The third-order valence-electron chi connectivity index (χ3n) is 4.16. The van der Waals surface area contributed by atoms with Crippen molar-refractivity contribution in [2.24, 2.45) is 5.92 Å². The van der Waals surface area contributed by atoms with Crippen LogP contribution in [0.1, 0.15) is 31.1 Å². The van der Waals surface area contributed by atoms with Gasteiger partial charge in [-0.3, -0.25) is 14.4 Å². The summed E-state index contributed by atoms with van der Waals surface area (Å²) in [7, 11) is 0. The highest BCUT2D eigenvalue weighted by molar-refractivity contribution is 5.99. The number of fused-ring (bicyclic) bond motifs is 1. The first kappa shape index (κ1) is 19.4. The molecule has 0 aromatic heterocycles. The van der Waals surface area contributed by atoms with E-state index in [0.717, 1.165) is 10.8 Å². The van der Waals surface area contributed by atoms with Crippen molar-refractivity contribution in [3.8, 4) is 0 Å². The van der Waals surface area contributed by atoms with Gasteiger partial charge in [-0.15, -0.1) is 0 Å². The molecule has 0 aliphatic rings. The van der Waals surface area contributed by atoms with Crippen molar-refractivity contribution in [3.05, 3.63) is 48.0 Å². The summed E-state index contributed by atoms with van der Waals surface area (Å²) in [6.07, 6.45) is 0. The van der Waals surface area contributed by atoms with E-state index in [1.807, 2.05) is 51.1 Å². The van der Waals surface area contributed by atoms with Crippen molar-refractivity contribution in [2.45, 2.75) is 26.8 Å². The van der Waals surface area contributed by atoms with Gasteiger partial charge in [0.1, 0.15) is 6.54 Å². The quantitative estimate of drug-likeness (QED) is 0.746. The maximum atomic E-state index is 12.2. The molecule has 2 aromatic carbocycles. The van der Waals surface area contributed by atoms with Crippen LogP contribution >= 0.6 is 0 Å². The van der Waals surface area contributed by atoms with Crippen LogP contribution in [0.25, 0.3) is 10.8 Å². The van der Waals surface area contributed by atoms with Gasteiger partial charge in [-0.1, -0.05) is 44.2 Å². The first-order chi connectivity index (χ1) is 12.4. The summed E-state index contributed by atoms with van der Waals surface area (Å²) in [5.41, 5.74) is 0.458. The first-order valence-electron chi connectivity index (χ1n) is 8.59. The van der Waals surface area contributed by atoms with Crippen LogP contribution in [0, 0.1) is 5.92 Å². The van der Waals surface area contributed by atoms with Gasteiger partial charge in [0.25, 0.3) is 11.8 Å². The summed E-state index contributed by atoms with van der Waals surface area (Å²) in [5, 5.41) is 7.22. The minimum Gasteiger partial charge on any atom is -0.454 e. The van der Waals surface area contributed by atoms with Crippen molar-refractivity contribution in [1.82, 2.24) is 10.6 Å². The Morgan fingerprint density at radius 2 is 1.69 bits per heavy atom. The second-order valence-electron chi connectivity index (χ2n) is 6.51. The van der Waals surface area contributed by atoms with E-state index in [1.165, 1.54) is 0 Å². The SMILES string of the molecule is CC(C)[C@H](C)NC(=O)COC(=O)CNC(=O)c1ccc2ccccc2c1. The molecule has 2 amide bonds. The average molecular weight is 356 g/mol. The van der Waals surface area contributed by atoms with Crippen LogP contribution in [0.5, 0.6) is 0 Å². The number of carbonyl (C=O) groups is 3. The molecule has 0 saturated carbocycles. The third-order valence-corrected chi connectivity index (χ3v) is 4.16. The summed E-state index contributed by atoms with van der Waals surface area (Å²) in [4.78, 5) is 35.5. The Bertz CT molecular complexity index is 801. The van der Waals surface area contributed by atoms with Gasteiger partial charge >= 0.3 is 5.97 Å². The van der Waals surface area contributed by atoms with E-state index in [2.05, 4.69) is 10.6 Å². The number of nitrogens with one attached hydrogen (secondary N) is 2. The number of amides is 2. The Hall–Kier alpha value is -2.89.